The van der Waals surface area contributed by atoms with E-state index in [9.17, 15) is 9.59 Å². The molecular weight excluding hydrogens is 556 g/mol. The van der Waals surface area contributed by atoms with Gasteiger partial charge in [0.2, 0.25) is 0 Å². The minimum absolute atomic E-state index is 0.0363. The van der Waals surface area contributed by atoms with Gasteiger partial charge in [0.05, 0.1) is 39.5 Å². The van der Waals surface area contributed by atoms with Gasteiger partial charge in [0, 0.05) is 30.2 Å². The number of ether oxygens (including phenoxy) is 5. The molecule has 7 nitrogen and oxygen atoms in total. The number of ketones is 1. The summed E-state index contributed by atoms with van der Waals surface area (Å²) in [6.45, 7) is 2.71. The molecule has 0 aliphatic carbocycles. The number of methoxy groups -OCH3 is 1. The summed E-state index contributed by atoms with van der Waals surface area (Å²) >= 11 is 0. The normalized spacial score (nSPS) is 11.1. The summed E-state index contributed by atoms with van der Waals surface area (Å²) in [4.78, 5) is 25.8. The van der Waals surface area contributed by atoms with Gasteiger partial charge >= 0.3 is 5.97 Å². The second-order valence-electron chi connectivity index (χ2n) is 10.1. The molecule has 0 radical (unpaired) electrons. The van der Waals surface area contributed by atoms with Crippen LogP contribution in [0.5, 0.6) is 11.5 Å². The molecule has 0 spiro atoms. The SMILES string of the molecule is COCCOCCOCCOc1ccc2ccccc2c1-c1c(OC(=O)CCC(=O)c2ccccc2)ccc2ccccc12. The Balaban J connectivity index is 1.41. The van der Waals surface area contributed by atoms with Crippen molar-refractivity contribution < 1.29 is 33.3 Å². The number of hydrogen-bond acceptors (Lipinski definition) is 7. The Labute approximate surface area is 257 Å². The monoisotopic (exact) mass is 592 g/mol. The number of Topliss-reactive ketones (excluding diaryl/α,β-unsaturated/α-hetero) is 1. The van der Waals surface area contributed by atoms with Crippen molar-refractivity contribution in [1.29, 1.82) is 0 Å². The smallest absolute Gasteiger partial charge is 0.311 e. The molecule has 0 amide bonds. The van der Waals surface area contributed by atoms with Gasteiger partial charge in [0.15, 0.2) is 5.78 Å². The Morgan fingerprint density at radius 3 is 1.75 bits per heavy atom. The number of benzene rings is 5. The molecule has 44 heavy (non-hydrogen) atoms. The molecule has 0 fully saturated rings. The minimum Gasteiger partial charge on any atom is -0.491 e. The lowest BCUT2D eigenvalue weighted by Gasteiger charge is -2.19. The largest absolute Gasteiger partial charge is 0.491 e. The molecule has 0 aliphatic rings. The fraction of sp³-hybridized carbons (Fsp3) is 0.243. The van der Waals surface area contributed by atoms with Gasteiger partial charge in [-0.15, -0.1) is 0 Å². The number of fused-ring (bicyclic) bond motifs is 2. The zero-order valence-electron chi connectivity index (χ0n) is 24.8. The van der Waals surface area contributed by atoms with Crippen LogP contribution in [0.25, 0.3) is 32.7 Å². The van der Waals surface area contributed by atoms with E-state index in [2.05, 4.69) is 0 Å². The predicted molar refractivity (Wildman–Crippen MR) is 172 cm³/mol. The lowest BCUT2D eigenvalue weighted by molar-refractivity contribution is -0.134. The fourth-order valence-electron chi connectivity index (χ4n) is 5.06. The Morgan fingerprint density at radius 2 is 1.09 bits per heavy atom. The highest BCUT2D eigenvalue weighted by Crippen LogP contribution is 2.45. The lowest BCUT2D eigenvalue weighted by atomic mass is 9.92. The van der Waals surface area contributed by atoms with Crippen LogP contribution < -0.4 is 9.47 Å². The fourth-order valence-corrected chi connectivity index (χ4v) is 5.06. The van der Waals surface area contributed by atoms with Gasteiger partial charge in [-0.25, -0.2) is 0 Å². The third-order valence-electron chi connectivity index (χ3n) is 7.20. The number of carbonyl (C=O) groups excluding carboxylic acids is 2. The zero-order chi connectivity index (χ0) is 30.6. The number of carbonyl (C=O) groups is 2. The summed E-state index contributed by atoms with van der Waals surface area (Å²) in [6, 6.07) is 32.7. The van der Waals surface area contributed by atoms with E-state index in [0.29, 0.717) is 56.7 Å². The van der Waals surface area contributed by atoms with E-state index in [4.69, 9.17) is 23.7 Å². The molecule has 7 heteroatoms. The van der Waals surface area contributed by atoms with Crippen molar-refractivity contribution in [2.75, 3.05) is 46.8 Å². The molecule has 0 aromatic heterocycles. The molecule has 5 aromatic rings. The predicted octanol–water partition coefficient (Wildman–Crippen LogP) is 7.29. The van der Waals surface area contributed by atoms with Gasteiger partial charge < -0.3 is 23.7 Å². The lowest BCUT2D eigenvalue weighted by Crippen LogP contribution is -2.13. The molecule has 5 rings (SSSR count). The van der Waals surface area contributed by atoms with Crippen LogP contribution in [0.15, 0.2) is 103 Å². The molecule has 0 atom stereocenters. The summed E-state index contributed by atoms with van der Waals surface area (Å²) in [7, 11) is 1.64. The Hall–Kier alpha value is -4.56. The first-order chi connectivity index (χ1) is 21.7. The standard InChI is InChI=1S/C37H36O7/c1-40-21-22-41-23-24-42-25-26-43-33-18-15-27-9-5-7-13-30(27)36(33)37-31-14-8-6-10-28(31)16-19-34(37)44-35(39)20-17-32(38)29-11-3-2-4-12-29/h2-16,18-19H,17,20-26H2,1H3. The maximum Gasteiger partial charge on any atom is 0.311 e. The zero-order valence-corrected chi connectivity index (χ0v) is 24.8. The van der Waals surface area contributed by atoms with Crippen LogP contribution in [0.4, 0.5) is 0 Å². The van der Waals surface area contributed by atoms with Gasteiger partial charge in [-0.1, -0.05) is 91.0 Å². The maximum absolute atomic E-state index is 13.1. The molecule has 0 unspecified atom stereocenters. The van der Waals surface area contributed by atoms with E-state index in [-0.39, 0.29) is 18.6 Å². The van der Waals surface area contributed by atoms with Gasteiger partial charge in [-0.3, -0.25) is 9.59 Å². The van der Waals surface area contributed by atoms with Crippen LogP contribution in [0.3, 0.4) is 0 Å². The highest BCUT2D eigenvalue weighted by molar-refractivity contribution is 6.10. The molecular formula is C37H36O7. The Morgan fingerprint density at radius 1 is 0.545 bits per heavy atom. The third kappa shape index (κ3) is 7.88. The summed E-state index contributed by atoms with van der Waals surface area (Å²) in [6.07, 6.45) is 0.0250. The van der Waals surface area contributed by atoms with Crippen LogP contribution in [0, 0.1) is 0 Å². The van der Waals surface area contributed by atoms with Gasteiger partial charge in [0.25, 0.3) is 0 Å². The van der Waals surface area contributed by atoms with E-state index in [1.54, 1.807) is 19.2 Å². The highest BCUT2D eigenvalue weighted by Gasteiger charge is 2.21. The molecule has 5 aromatic carbocycles. The molecule has 0 saturated heterocycles. The van der Waals surface area contributed by atoms with E-state index in [1.165, 1.54) is 0 Å². The van der Waals surface area contributed by atoms with Crippen LogP contribution in [0.1, 0.15) is 23.2 Å². The molecule has 0 saturated carbocycles. The highest BCUT2D eigenvalue weighted by atomic mass is 16.6. The summed E-state index contributed by atoms with van der Waals surface area (Å²) in [5.74, 6) is 0.479. The first-order valence-corrected chi connectivity index (χ1v) is 14.8. The summed E-state index contributed by atoms with van der Waals surface area (Å²) < 4.78 is 28.5. The van der Waals surface area contributed by atoms with Gasteiger partial charge in [0.1, 0.15) is 18.1 Å². The summed E-state index contributed by atoms with van der Waals surface area (Å²) in [5, 5.41) is 3.91. The first kappa shape index (κ1) is 30.9. The van der Waals surface area contributed by atoms with Gasteiger partial charge in [-0.2, -0.15) is 0 Å². The van der Waals surface area contributed by atoms with Gasteiger partial charge in [-0.05, 0) is 33.7 Å². The van der Waals surface area contributed by atoms with Crippen molar-refractivity contribution in [3.63, 3.8) is 0 Å². The van der Waals surface area contributed by atoms with Crippen molar-refractivity contribution in [3.05, 3.63) is 109 Å². The number of rotatable bonds is 16. The average molecular weight is 593 g/mol. The van der Waals surface area contributed by atoms with Crippen LogP contribution in [-0.4, -0.2) is 58.5 Å². The van der Waals surface area contributed by atoms with Crippen LogP contribution in [0.2, 0.25) is 0 Å². The number of esters is 1. The molecule has 0 heterocycles. The molecule has 226 valence electrons. The van der Waals surface area contributed by atoms with E-state index in [0.717, 1.165) is 32.7 Å². The Bertz CT molecular complexity index is 1700. The topological polar surface area (TPSA) is 80.3 Å². The average Bonchev–Trinajstić information content (AvgIpc) is 3.07. The minimum atomic E-state index is -0.477. The van der Waals surface area contributed by atoms with Crippen molar-refractivity contribution >= 4 is 33.3 Å². The molecule has 0 bridgehead atoms. The van der Waals surface area contributed by atoms with Crippen molar-refractivity contribution in [2.24, 2.45) is 0 Å². The van der Waals surface area contributed by atoms with E-state index in [1.807, 2.05) is 91.0 Å². The van der Waals surface area contributed by atoms with Crippen LogP contribution in [-0.2, 0) is 19.0 Å². The van der Waals surface area contributed by atoms with E-state index < -0.39 is 5.97 Å². The second kappa shape index (κ2) is 15.8. The quantitative estimate of drug-likeness (QED) is 0.0515. The van der Waals surface area contributed by atoms with Crippen molar-refractivity contribution in [1.82, 2.24) is 0 Å². The van der Waals surface area contributed by atoms with E-state index >= 15 is 0 Å². The third-order valence-corrected chi connectivity index (χ3v) is 7.20. The Kier molecular flexibility index (Phi) is 11.1. The summed E-state index contributed by atoms with van der Waals surface area (Å²) in [5.41, 5.74) is 2.16. The molecule has 0 N–H and O–H groups in total. The maximum atomic E-state index is 13.1. The van der Waals surface area contributed by atoms with Crippen molar-refractivity contribution in [3.8, 4) is 22.6 Å². The van der Waals surface area contributed by atoms with Crippen molar-refractivity contribution in [2.45, 2.75) is 12.8 Å². The molecule has 0 aliphatic heterocycles. The number of hydrogen-bond donors (Lipinski definition) is 0. The van der Waals surface area contributed by atoms with Crippen LogP contribution >= 0.6 is 0 Å². The second-order valence-corrected chi connectivity index (χ2v) is 10.1. The first-order valence-electron chi connectivity index (χ1n) is 14.8.